The molecule has 1 atom stereocenters. The van der Waals surface area contributed by atoms with E-state index in [-0.39, 0.29) is 10.9 Å². The van der Waals surface area contributed by atoms with Crippen LogP contribution in [0, 0.1) is 11.7 Å². The van der Waals surface area contributed by atoms with Crippen LogP contribution in [0.3, 0.4) is 0 Å². The zero-order valence-electron chi connectivity index (χ0n) is 9.00. The number of rotatable bonds is 4. The van der Waals surface area contributed by atoms with Gasteiger partial charge < -0.3 is 10.4 Å². The molecule has 88 valence electrons. The van der Waals surface area contributed by atoms with Crippen molar-refractivity contribution in [1.82, 2.24) is 0 Å². The van der Waals surface area contributed by atoms with E-state index in [1.54, 1.807) is 19.9 Å². The molecule has 0 aliphatic rings. The van der Waals surface area contributed by atoms with Crippen LogP contribution in [0.25, 0.3) is 0 Å². The van der Waals surface area contributed by atoms with Crippen LogP contribution < -0.4 is 5.32 Å². The van der Waals surface area contributed by atoms with Crippen LogP contribution in [-0.4, -0.2) is 17.1 Å². The van der Waals surface area contributed by atoms with E-state index < -0.39 is 17.8 Å². The van der Waals surface area contributed by atoms with Crippen LogP contribution in [0.1, 0.15) is 13.8 Å². The first kappa shape index (κ1) is 12.8. The van der Waals surface area contributed by atoms with Gasteiger partial charge in [-0.1, -0.05) is 25.4 Å². The molecule has 0 unspecified atom stereocenters. The van der Waals surface area contributed by atoms with E-state index in [1.807, 2.05) is 0 Å². The van der Waals surface area contributed by atoms with Gasteiger partial charge in [-0.3, -0.25) is 0 Å². The summed E-state index contributed by atoms with van der Waals surface area (Å²) in [6.45, 7) is 3.55. The van der Waals surface area contributed by atoms with Crippen molar-refractivity contribution in [3.63, 3.8) is 0 Å². The zero-order chi connectivity index (χ0) is 12.3. The quantitative estimate of drug-likeness (QED) is 0.857. The number of carboxylic acids is 1. The Hall–Kier alpha value is -1.29. The lowest BCUT2D eigenvalue weighted by Crippen LogP contribution is -2.34. The fourth-order valence-electron chi connectivity index (χ4n) is 1.28. The Labute approximate surface area is 98.2 Å². The van der Waals surface area contributed by atoms with Gasteiger partial charge in [-0.05, 0) is 24.1 Å². The normalized spacial score (nSPS) is 12.6. The molecule has 0 bridgehead atoms. The van der Waals surface area contributed by atoms with Gasteiger partial charge in [0.05, 0.1) is 5.02 Å². The molecule has 3 nitrogen and oxygen atoms in total. The Morgan fingerprint density at radius 1 is 1.50 bits per heavy atom. The highest BCUT2D eigenvalue weighted by Gasteiger charge is 2.21. The molecule has 0 heterocycles. The van der Waals surface area contributed by atoms with E-state index >= 15 is 0 Å². The monoisotopic (exact) mass is 245 g/mol. The fraction of sp³-hybridized carbons (Fsp3) is 0.364. The zero-order valence-corrected chi connectivity index (χ0v) is 9.75. The summed E-state index contributed by atoms with van der Waals surface area (Å²) in [4.78, 5) is 10.9. The van der Waals surface area contributed by atoms with E-state index in [9.17, 15) is 9.18 Å². The highest BCUT2D eigenvalue weighted by Crippen LogP contribution is 2.20. The van der Waals surface area contributed by atoms with Crippen molar-refractivity contribution in [1.29, 1.82) is 0 Å². The Morgan fingerprint density at radius 3 is 2.56 bits per heavy atom. The minimum absolute atomic E-state index is 0.0157. The number of benzene rings is 1. The maximum Gasteiger partial charge on any atom is 0.326 e. The molecule has 0 fully saturated rings. The van der Waals surface area contributed by atoms with Crippen LogP contribution >= 0.6 is 11.6 Å². The van der Waals surface area contributed by atoms with Crippen molar-refractivity contribution in [2.45, 2.75) is 19.9 Å². The summed E-state index contributed by atoms with van der Waals surface area (Å²) in [5.41, 5.74) is 0.406. The third-order valence-corrected chi connectivity index (χ3v) is 2.48. The van der Waals surface area contributed by atoms with E-state index in [4.69, 9.17) is 16.7 Å². The third-order valence-electron chi connectivity index (χ3n) is 2.17. The van der Waals surface area contributed by atoms with Gasteiger partial charge in [0.15, 0.2) is 0 Å². The Bertz CT molecular complexity index is 396. The molecule has 0 aliphatic heterocycles. The highest BCUT2D eigenvalue weighted by molar-refractivity contribution is 6.30. The van der Waals surface area contributed by atoms with E-state index in [2.05, 4.69) is 5.32 Å². The molecule has 0 aliphatic carbocycles. The molecule has 0 spiro atoms. The summed E-state index contributed by atoms with van der Waals surface area (Å²) in [7, 11) is 0. The van der Waals surface area contributed by atoms with Crippen LogP contribution in [0.5, 0.6) is 0 Å². The second kappa shape index (κ2) is 5.16. The van der Waals surface area contributed by atoms with Gasteiger partial charge in [-0.15, -0.1) is 0 Å². The Morgan fingerprint density at radius 2 is 2.12 bits per heavy atom. The molecule has 2 N–H and O–H groups in total. The van der Waals surface area contributed by atoms with Crippen LogP contribution in [-0.2, 0) is 4.79 Å². The van der Waals surface area contributed by atoms with Gasteiger partial charge >= 0.3 is 5.97 Å². The van der Waals surface area contributed by atoms with Crippen molar-refractivity contribution in [3.8, 4) is 0 Å². The Balaban J connectivity index is 2.86. The molecule has 1 rings (SSSR count). The fourth-order valence-corrected chi connectivity index (χ4v) is 1.40. The predicted molar refractivity (Wildman–Crippen MR) is 61.3 cm³/mol. The summed E-state index contributed by atoms with van der Waals surface area (Å²) in [6.07, 6.45) is 0. The smallest absolute Gasteiger partial charge is 0.326 e. The first-order valence-electron chi connectivity index (χ1n) is 4.86. The molecule has 1 aromatic rings. The number of halogens is 2. The summed E-state index contributed by atoms with van der Waals surface area (Å²) < 4.78 is 13.1. The van der Waals surface area contributed by atoms with E-state index in [0.717, 1.165) is 0 Å². The minimum atomic E-state index is -0.967. The van der Waals surface area contributed by atoms with Gasteiger partial charge in [-0.2, -0.15) is 0 Å². The number of aliphatic carboxylic acids is 1. The van der Waals surface area contributed by atoms with Crippen LogP contribution in [0.15, 0.2) is 18.2 Å². The Kier molecular flexibility index (Phi) is 4.12. The summed E-state index contributed by atoms with van der Waals surface area (Å²) in [5.74, 6) is -1.64. The molecule has 0 saturated heterocycles. The maximum atomic E-state index is 13.1. The minimum Gasteiger partial charge on any atom is -0.480 e. The number of carbonyl (C=O) groups is 1. The van der Waals surface area contributed by atoms with Crippen molar-refractivity contribution in [3.05, 3.63) is 29.0 Å². The average Bonchev–Trinajstić information content (AvgIpc) is 2.18. The topological polar surface area (TPSA) is 49.3 Å². The average molecular weight is 246 g/mol. The largest absolute Gasteiger partial charge is 0.480 e. The molecular formula is C11H13ClFNO2. The number of hydrogen-bond acceptors (Lipinski definition) is 2. The summed E-state index contributed by atoms with van der Waals surface area (Å²) in [6, 6.07) is 3.36. The van der Waals surface area contributed by atoms with Gasteiger partial charge in [0.2, 0.25) is 0 Å². The lowest BCUT2D eigenvalue weighted by atomic mass is 10.0. The van der Waals surface area contributed by atoms with Crippen LogP contribution in [0.4, 0.5) is 10.1 Å². The van der Waals surface area contributed by atoms with Gasteiger partial charge in [-0.25, -0.2) is 9.18 Å². The molecule has 0 radical (unpaired) electrons. The highest BCUT2D eigenvalue weighted by atomic mass is 35.5. The van der Waals surface area contributed by atoms with E-state index in [0.29, 0.717) is 5.69 Å². The first-order valence-corrected chi connectivity index (χ1v) is 5.24. The molecule has 5 heteroatoms. The third kappa shape index (κ3) is 3.10. The predicted octanol–water partition coefficient (Wildman–Crippen LogP) is 3.00. The first-order chi connectivity index (χ1) is 7.41. The molecule has 16 heavy (non-hydrogen) atoms. The lowest BCUT2D eigenvalue weighted by molar-refractivity contribution is -0.138. The van der Waals surface area contributed by atoms with Crippen molar-refractivity contribution in [2.24, 2.45) is 5.92 Å². The second-order valence-corrected chi connectivity index (χ2v) is 4.24. The molecule has 0 amide bonds. The molecule has 1 aromatic carbocycles. The van der Waals surface area contributed by atoms with Gasteiger partial charge in [0, 0.05) is 5.69 Å². The number of hydrogen-bond donors (Lipinski definition) is 2. The van der Waals surface area contributed by atoms with Crippen molar-refractivity contribution >= 4 is 23.3 Å². The summed E-state index contributed by atoms with van der Waals surface area (Å²) >= 11 is 5.52. The number of anilines is 1. The van der Waals surface area contributed by atoms with Crippen molar-refractivity contribution < 1.29 is 14.3 Å². The molecular weight excluding hydrogens is 233 g/mol. The van der Waals surface area contributed by atoms with Crippen LogP contribution in [0.2, 0.25) is 5.02 Å². The molecule has 0 saturated carbocycles. The van der Waals surface area contributed by atoms with Gasteiger partial charge in [0.1, 0.15) is 11.9 Å². The standard InChI is InChI=1S/C11H13ClFNO2/c1-6(2)10(11(15)16)14-7-3-4-8(12)9(13)5-7/h3-6,10,14H,1-2H3,(H,15,16)/t10-/m0/s1. The van der Waals surface area contributed by atoms with Crippen molar-refractivity contribution in [2.75, 3.05) is 5.32 Å². The maximum absolute atomic E-state index is 13.1. The SMILES string of the molecule is CC(C)[C@H](Nc1ccc(Cl)c(F)c1)C(=O)O. The molecule has 0 aromatic heterocycles. The summed E-state index contributed by atoms with van der Waals surface area (Å²) in [5, 5.41) is 11.7. The second-order valence-electron chi connectivity index (χ2n) is 3.83. The van der Waals surface area contributed by atoms with Gasteiger partial charge in [0.25, 0.3) is 0 Å². The number of carboxylic acid groups (broad SMARTS) is 1. The lowest BCUT2D eigenvalue weighted by Gasteiger charge is -2.19. The number of nitrogens with one attached hydrogen (secondary N) is 1. The van der Waals surface area contributed by atoms with E-state index in [1.165, 1.54) is 12.1 Å².